The summed E-state index contributed by atoms with van der Waals surface area (Å²) in [4.78, 5) is 27.8. The summed E-state index contributed by atoms with van der Waals surface area (Å²) >= 11 is 1.44. The van der Waals surface area contributed by atoms with Gasteiger partial charge in [0, 0.05) is 19.6 Å². The fourth-order valence-electron chi connectivity index (χ4n) is 3.42. The van der Waals surface area contributed by atoms with E-state index in [1.807, 2.05) is 35.7 Å². The minimum absolute atomic E-state index is 0.0149. The molecule has 7 heteroatoms. The highest BCUT2D eigenvalue weighted by molar-refractivity contribution is 7.12. The fourth-order valence-corrected chi connectivity index (χ4v) is 4.11. The normalized spacial score (nSPS) is 16.3. The summed E-state index contributed by atoms with van der Waals surface area (Å²) in [6.07, 6.45) is 2.56. The lowest BCUT2D eigenvalue weighted by Gasteiger charge is -2.31. The van der Waals surface area contributed by atoms with Gasteiger partial charge in [-0.2, -0.15) is 0 Å². The van der Waals surface area contributed by atoms with Crippen molar-refractivity contribution in [2.75, 3.05) is 26.8 Å². The third-order valence-electron chi connectivity index (χ3n) is 4.97. The minimum atomic E-state index is -0.179. The number of likely N-dealkylation sites (tertiary alicyclic amines) is 1. The Morgan fingerprint density at radius 3 is 2.86 bits per heavy atom. The molecule has 29 heavy (non-hydrogen) atoms. The molecule has 1 saturated heterocycles. The average Bonchev–Trinajstić information content (AvgIpc) is 3.30. The van der Waals surface area contributed by atoms with Crippen molar-refractivity contribution in [2.24, 2.45) is 5.92 Å². The SMILES string of the molecule is CCCOc1ccc(CNC(=O)C2CCCN(C(=O)c3cccs3)C2)cc1OC. The molecule has 6 nitrogen and oxygen atoms in total. The van der Waals surface area contributed by atoms with E-state index in [2.05, 4.69) is 12.2 Å². The molecule has 2 heterocycles. The largest absolute Gasteiger partial charge is 0.493 e. The number of amides is 2. The molecular weight excluding hydrogens is 388 g/mol. The molecule has 1 aromatic carbocycles. The number of hydrogen-bond donors (Lipinski definition) is 1. The second-order valence-electron chi connectivity index (χ2n) is 7.12. The van der Waals surface area contributed by atoms with Crippen molar-refractivity contribution in [2.45, 2.75) is 32.7 Å². The number of ether oxygens (including phenoxy) is 2. The van der Waals surface area contributed by atoms with Gasteiger partial charge < -0.3 is 19.7 Å². The lowest BCUT2D eigenvalue weighted by Crippen LogP contribution is -2.45. The van der Waals surface area contributed by atoms with E-state index in [1.165, 1.54) is 11.3 Å². The average molecular weight is 417 g/mol. The minimum Gasteiger partial charge on any atom is -0.493 e. The van der Waals surface area contributed by atoms with Gasteiger partial charge in [-0.15, -0.1) is 11.3 Å². The molecule has 2 aromatic rings. The highest BCUT2D eigenvalue weighted by Gasteiger charge is 2.29. The third-order valence-corrected chi connectivity index (χ3v) is 5.83. The van der Waals surface area contributed by atoms with Crippen LogP contribution in [-0.4, -0.2) is 43.5 Å². The van der Waals surface area contributed by atoms with Crippen molar-refractivity contribution in [3.8, 4) is 11.5 Å². The molecule has 1 unspecified atom stereocenters. The number of nitrogens with one attached hydrogen (secondary N) is 1. The van der Waals surface area contributed by atoms with Crippen LogP contribution in [0.2, 0.25) is 0 Å². The number of nitrogens with zero attached hydrogens (tertiary/aromatic N) is 1. The number of methoxy groups -OCH3 is 1. The summed E-state index contributed by atoms with van der Waals surface area (Å²) in [5, 5.41) is 4.90. The zero-order valence-corrected chi connectivity index (χ0v) is 17.8. The number of hydrogen-bond acceptors (Lipinski definition) is 5. The number of piperidine rings is 1. The summed E-state index contributed by atoms with van der Waals surface area (Å²) in [5.41, 5.74) is 0.946. The molecule has 0 aliphatic carbocycles. The molecule has 0 spiro atoms. The van der Waals surface area contributed by atoms with E-state index in [4.69, 9.17) is 9.47 Å². The van der Waals surface area contributed by atoms with Gasteiger partial charge in [0.1, 0.15) is 0 Å². The monoisotopic (exact) mass is 416 g/mol. The second kappa shape index (κ2) is 10.3. The van der Waals surface area contributed by atoms with Gasteiger partial charge in [-0.1, -0.05) is 19.1 Å². The first kappa shape index (κ1) is 21.2. The van der Waals surface area contributed by atoms with E-state index in [-0.39, 0.29) is 17.7 Å². The topological polar surface area (TPSA) is 67.9 Å². The number of thiophene rings is 1. The van der Waals surface area contributed by atoms with Crippen LogP contribution in [0.5, 0.6) is 11.5 Å². The zero-order valence-electron chi connectivity index (χ0n) is 17.0. The highest BCUT2D eigenvalue weighted by atomic mass is 32.1. The molecule has 1 atom stereocenters. The molecule has 0 saturated carbocycles. The van der Waals surface area contributed by atoms with Crippen LogP contribution in [0, 0.1) is 5.92 Å². The first-order chi connectivity index (χ1) is 14.1. The summed E-state index contributed by atoms with van der Waals surface area (Å²) in [6.45, 7) is 4.27. The lowest BCUT2D eigenvalue weighted by atomic mass is 9.97. The van der Waals surface area contributed by atoms with E-state index in [0.717, 1.165) is 29.7 Å². The molecule has 0 bridgehead atoms. The molecular formula is C22H28N2O4S. The Kier molecular flexibility index (Phi) is 7.52. The molecule has 1 aliphatic heterocycles. The van der Waals surface area contributed by atoms with Gasteiger partial charge in [-0.25, -0.2) is 0 Å². The van der Waals surface area contributed by atoms with Crippen LogP contribution in [0.3, 0.4) is 0 Å². The van der Waals surface area contributed by atoms with Crippen molar-refractivity contribution in [1.29, 1.82) is 0 Å². The van der Waals surface area contributed by atoms with Crippen LogP contribution >= 0.6 is 11.3 Å². The number of rotatable bonds is 8. The molecule has 156 valence electrons. The summed E-state index contributed by atoms with van der Waals surface area (Å²) in [7, 11) is 1.61. The Balaban J connectivity index is 1.55. The van der Waals surface area contributed by atoms with Gasteiger partial charge in [0.05, 0.1) is 24.5 Å². The van der Waals surface area contributed by atoms with E-state index < -0.39 is 0 Å². The molecule has 1 aromatic heterocycles. The zero-order chi connectivity index (χ0) is 20.6. The van der Waals surface area contributed by atoms with Crippen LogP contribution in [0.25, 0.3) is 0 Å². The van der Waals surface area contributed by atoms with E-state index in [1.54, 1.807) is 12.0 Å². The van der Waals surface area contributed by atoms with Crippen molar-refractivity contribution < 1.29 is 19.1 Å². The fraction of sp³-hybridized carbons (Fsp3) is 0.455. The molecule has 1 aliphatic rings. The van der Waals surface area contributed by atoms with Crippen molar-refractivity contribution in [3.05, 3.63) is 46.2 Å². The molecule has 1 N–H and O–H groups in total. The maximum absolute atomic E-state index is 12.7. The first-order valence-electron chi connectivity index (χ1n) is 10.0. The number of carbonyl (C=O) groups is 2. The van der Waals surface area contributed by atoms with E-state index >= 15 is 0 Å². The lowest BCUT2D eigenvalue weighted by molar-refractivity contribution is -0.126. The van der Waals surface area contributed by atoms with Crippen molar-refractivity contribution in [1.82, 2.24) is 10.2 Å². The predicted octanol–water partition coefficient (Wildman–Crippen LogP) is 3.71. The molecule has 0 radical (unpaired) electrons. The maximum atomic E-state index is 12.7. The standard InChI is InChI=1S/C22H28N2O4S/c1-3-11-28-18-9-8-16(13-19(18)27-2)14-23-21(25)17-6-4-10-24(15-17)22(26)20-7-5-12-29-20/h5,7-9,12-13,17H,3-4,6,10-11,14-15H2,1-2H3,(H,23,25). The Labute approximate surface area is 175 Å². The van der Waals surface area contributed by atoms with Gasteiger partial charge in [-0.3, -0.25) is 9.59 Å². The van der Waals surface area contributed by atoms with Crippen LogP contribution in [0.15, 0.2) is 35.7 Å². The molecule has 3 rings (SSSR count). The van der Waals surface area contributed by atoms with Crippen LogP contribution < -0.4 is 14.8 Å². The smallest absolute Gasteiger partial charge is 0.263 e. The Bertz CT molecular complexity index is 822. The first-order valence-corrected chi connectivity index (χ1v) is 10.9. The van der Waals surface area contributed by atoms with Crippen molar-refractivity contribution in [3.63, 3.8) is 0 Å². The van der Waals surface area contributed by atoms with Gasteiger partial charge in [0.15, 0.2) is 11.5 Å². The Morgan fingerprint density at radius 2 is 2.14 bits per heavy atom. The Hall–Kier alpha value is -2.54. The molecule has 2 amide bonds. The molecule has 1 fully saturated rings. The Morgan fingerprint density at radius 1 is 1.28 bits per heavy atom. The second-order valence-corrected chi connectivity index (χ2v) is 8.07. The van der Waals surface area contributed by atoms with Crippen LogP contribution in [0.4, 0.5) is 0 Å². The maximum Gasteiger partial charge on any atom is 0.263 e. The summed E-state index contributed by atoms with van der Waals surface area (Å²) in [6, 6.07) is 9.40. The van der Waals surface area contributed by atoms with E-state index in [9.17, 15) is 9.59 Å². The summed E-state index contributed by atoms with van der Waals surface area (Å²) in [5.74, 6) is 1.20. The van der Waals surface area contributed by atoms with E-state index in [0.29, 0.717) is 37.7 Å². The van der Waals surface area contributed by atoms with Gasteiger partial charge in [-0.05, 0) is 48.4 Å². The van der Waals surface area contributed by atoms with Crippen LogP contribution in [-0.2, 0) is 11.3 Å². The quantitative estimate of drug-likeness (QED) is 0.712. The predicted molar refractivity (Wildman–Crippen MR) is 114 cm³/mol. The van der Waals surface area contributed by atoms with Gasteiger partial charge in [0.25, 0.3) is 5.91 Å². The summed E-state index contributed by atoms with van der Waals surface area (Å²) < 4.78 is 11.1. The highest BCUT2D eigenvalue weighted by Crippen LogP contribution is 2.28. The number of carbonyl (C=O) groups excluding carboxylic acids is 2. The van der Waals surface area contributed by atoms with Crippen molar-refractivity contribution >= 4 is 23.2 Å². The van der Waals surface area contributed by atoms with Gasteiger partial charge in [0.2, 0.25) is 5.91 Å². The van der Waals surface area contributed by atoms with Crippen LogP contribution in [0.1, 0.15) is 41.4 Å². The number of benzene rings is 1. The van der Waals surface area contributed by atoms with Gasteiger partial charge >= 0.3 is 0 Å². The third kappa shape index (κ3) is 5.50.